The van der Waals surface area contributed by atoms with Gasteiger partial charge >= 0.3 is 6.18 Å². The normalized spacial score (nSPS) is 11.2. The second-order valence-electron chi connectivity index (χ2n) is 6.05. The predicted molar refractivity (Wildman–Crippen MR) is 93.9 cm³/mol. The van der Waals surface area contributed by atoms with Gasteiger partial charge in [-0.05, 0) is 48.4 Å². The molecular weight excluding hydrogens is 355 g/mol. The monoisotopic (exact) mass is 369 g/mol. The van der Waals surface area contributed by atoms with Gasteiger partial charge in [0.2, 0.25) is 0 Å². The summed E-state index contributed by atoms with van der Waals surface area (Å²) in [7, 11) is 0. The van der Waals surface area contributed by atoms with Crippen LogP contribution in [0.15, 0.2) is 59.4 Å². The molecule has 0 spiro atoms. The largest absolute Gasteiger partial charge is 0.416 e. The Morgan fingerprint density at radius 2 is 1.81 bits per heavy atom. The van der Waals surface area contributed by atoms with Gasteiger partial charge in [-0.25, -0.2) is 4.68 Å². The lowest BCUT2D eigenvalue weighted by Gasteiger charge is -2.11. The summed E-state index contributed by atoms with van der Waals surface area (Å²) >= 11 is 0. The van der Waals surface area contributed by atoms with Crippen molar-refractivity contribution in [2.45, 2.75) is 19.6 Å². The van der Waals surface area contributed by atoms with Crippen molar-refractivity contribution in [2.24, 2.45) is 0 Å². The van der Waals surface area contributed by atoms with Crippen LogP contribution >= 0.6 is 0 Å². The summed E-state index contributed by atoms with van der Waals surface area (Å²) < 4.78 is 40.1. The molecule has 0 N–H and O–H groups in total. The Balaban J connectivity index is 2.04. The summed E-state index contributed by atoms with van der Waals surface area (Å²) in [6.07, 6.45) is -4.49. The predicted octanol–water partition coefficient (Wildman–Crippen LogP) is 4.16. The first-order valence-corrected chi connectivity index (χ1v) is 8.03. The summed E-state index contributed by atoms with van der Waals surface area (Å²) in [6.45, 7) is 1.82. The Labute approximate surface area is 153 Å². The smallest absolute Gasteiger partial charge is 0.267 e. The molecule has 1 aromatic heterocycles. The molecule has 0 saturated heterocycles. The average molecular weight is 369 g/mol. The molecule has 0 aliphatic rings. The van der Waals surface area contributed by atoms with E-state index >= 15 is 0 Å². The van der Waals surface area contributed by atoms with Crippen molar-refractivity contribution in [3.63, 3.8) is 0 Å². The van der Waals surface area contributed by atoms with Crippen molar-refractivity contribution in [2.75, 3.05) is 0 Å². The van der Waals surface area contributed by atoms with Crippen LogP contribution in [0.25, 0.3) is 11.1 Å². The molecule has 0 aliphatic carbocycles. The van der Waals surface area contributed by atoms with Crippen LogP contribution in [0.1, 0.15) is 22.4 Å². The quantitative estimate of drug-likeness (QED) is 0.697. The van der Waals surface area contributed by atoms with Gasteiger partial charge in [0.05, 0.1) is 35.0 Å². The lowest BCUT2D eigenvalue weighted by atomic mass is 10.0. The van der Waals surface area contributed by atoms with Crippen molar-refractivity contribution < 1.29 is 13.2 Å². The molecule has 0 unspecified atom stereocenters. The molecule has 7 heteroatoms. The molecule has 1 heterocycles. The molecule has 0 aliphatic heterocycles. The Morgan fingerprint density at radius 3 is 2.44 bits per heavy atom. The number of benzene rings is 2. The maximum Gasteiger partial charge on any atom is 0.416 e. The van der Waals surface area contributed by atoms with Gasteiger partial charge in [-0.2, -0.15) is 23.5 Å². The second kappa shape index (κ2) is 7.08. The van der Waals surface area contributed by atoms with Crippen molar-refractivity contribution in [1.82, 2.24) is 9.78 Å². The van der Waals surface area contributed by atoms with Crippen molar-refractivity contribution >= 4 is 0 Å². The van der Waals surface area contributed by atoms with Crippen LogP contribution < -0.4 is 5.56 Å². The number of alkyl halides is 3. The SMILES string of the molecule is Cc1cc(-c2cccc(C(F)(F)F)c2)c(=O)n(Cc2ccc(C#N)cc2)n1. The zero-order valence-corrected chi connectivity index (χ0v) is 14.3. The highest BCUT2D eigenvalue weighted by atomic mass is 19.4. The lowest BCUT2D eigenvalue weighted by molar-refractivity contribution is -0.137. The molecule has 2 aromatic carbocycles. The van der Waals surface area contributed by atoms with E-state index in [1.807, 2.05) is 6.07 Å². The second-order valence-corrected chi connectivity index (χ2v) is 6.05. The summed E-state index contributed by atoms with van der Waals surface area (Å²) in [5.41, 5.74) is 0.806. The van der Waals surface area contributed by atoms with E-state index in [-0.39, 0.29) is 17.7 Å². The van der Waals surface area contributed by atoms with Crippen LogP contribution in [-0.4, -0.2) is 9.78 Å². The van der Waals surface area contributed by atoms with Gasteiger partial charge in [-0.3, -0.25) is 4.79 Å². The fourth-order valence-corrected chi connectivity index (χ4v) is 2.71. The van der Waals surface area contributed by atoms with Gasteiger partial charge in [0.15, 0.2) is 0 Å². The molecule has 0 radical (unpaired) electrons. The molecule has 0 bridgehead atoms. The van der Waals surface area contributed by atoms with E-state index < -0.39 is 17.3 Å². The number of hydrogen-bond donors (Lipinski definition) is 0. The average Bonchev–Trinajstić information content (AvgIpc) is 2.64. The van der Waals surface area contributed by atoms with Crippen molar-refractivity contribution in [1.29, 1.82) is 5.26 Å². The van der Waals surface area contributed by atoms with E-state index in [0.717, 1.165) is 17.7 Å². The van der Waals surface area contributed by atoms with E-state index in [2.05, 4.69) is 5.10 Å². The van der Waals surface area contributed by atoms with Crippen LogP contribution in [0, 0.1) is 18.3 Å². The third kappa shape index (κ3) is 4.06. The van der Waals surface area contributed by atoms with E-state index in [0.29, 0.717) is 11.3 Å². The highest BCUT2D eigenvalue weighted by Crippen LogP contribution is 2.31. The Kier molecular flexibility index (Phi) is 4.82. The van der Waals surface area contributed by atoms with Gasteiger partial charge in [0.25, 0.3) is 5.56 Å². The first-order valence-electron chi connectivity index (χ1n) is 8.03. The number of nitriles is 1. The summed E-state index contributed by atoms with van der Waals surface area (Å²) in [6, 6.07) is 14.8. The molecular formula is C20H14F3N3O. The molecule has 4 nitrogen and oxygen atoms in total. The fraction of sp³-hybridized carbons (Fsp3) is 0.150. The van der Waals surface area contributed by atoms with Crippen molar-refractivity contribution in [3.8, 4) is 17.2 Å². The van der Waals surface area contributed by atoms with E-state index in [9.17, 15) is 18.0 Å². The number of halogens is 3. The first-order chi connectivity index (χ1) is 12.8. The van der Waals surface area contributed by atoms with Gasteiger partial charge in [-0.15, -0.1) is 0 Å². The Bertz CT molecular complexity index is 1080. The number of rotatable bonds is 3. The summed E-state index contributed by atoms with van der Waals surface area (Å²) in [5.74, 6) is 0. The molecule has 27 heavy (non-hydrogen) atoms. The number of aromatic nitrogens is 2. The maximum absolute atomic E-state index is 13.0. The minimum absolute atomic E-state index is 0.151. The summed E-state index contributed by atoms with van der Waals surface area (Å²) in [4.78, 5) is 12.8. The molecule has 3 aromatic rings. The Morgan fingerprint density at radius 1 is 1.11 bits per heavy atom. The molecule has 3 rings (SSSR count). The van der Waals surface area contributed by atoms with Gasteiger partial charge < -0.3 is 0 Å². The summed E-state index contributed by atoms with van der Waals surface area (Å²) in [5, 5.41) is 13.0. The van der Waals surface area contributed by atoms with Crippen LogP contribution in [0.2, 0.25) is 0 Å². The van der Waals surface area contributed by atoms with Gasteiger partial charge in [0.1, 0.15) is 0 Å². The number of nitrogens with zero attached hydrogens (tertiary/aromatic N) is 3. The lowest BCUT2D eigenvalue weighted by Crippen LogP contribution is -2.25. The highest BCUT2D eigenvalue weighted by Gasteiger charge is 2.30. The van der Waals surface area contributed by atoms with E-state index in [1.54, 1.807) is 31.2 Å². The molecule has 0 amide bonds. The fourth-order valence-electron chi connectivity index (χ4n) is 2.71. The van der Waals surface area contributed by atoms with Gasteiger partial charge in [0, 0.05) is 0 Å². The standard InChI is InChI=1S/C20H14F3N3O/c1-13-9-18(16-3-2-4-17(10-16)20(21,22)23)19(27)26(25-13)12-15-7-5-14(11-24)6-8-15/h2-10H,12H2,1H3. The molecule has 0 atom stereocenters. The third-order valence-corrected chi connectivity index (χ3v) is 4.01. The Hall–Kier alpha value is -3.40. The number of aryl methyl sites for hydroxylation is 1. The molecule has 0 fully saturated rings. The third-order valence-electron chi connectivity index (χ3n) is 4.01. The van der Waals surface area contributed by atoms with Crippen LogP contribution in [0.4, 0.5) is 13.2 Å². The molecule has 136 valence electrons. The minimum Gasteiger partial charge on any atom is -0.267 e. The highest BCUT2D eigenvalue weighted by molar-refractivity contribution is 5.63. The topological polar surface area (TPSA) is 58.7 Å². The zero-order valence-electron chi connectivity index (χ0n) is 14.3. The maximum atomic E-state index is 13.0. The minimum atomic E-state index is -4.49. The van der Waals surface area contributed by atoms with Gasteiger partial charge in [-0.1, -0.05) is 24.3 Å². The van der Waals surface area contributed by atoms with Crippen LogP contribution in [0.5, 0.6) is 0 Å². The van der Waals surface area contributed by atoms with E-state index in [4.69, 9.17) is 5.26 Å². The zero-order chi connectivity index (χ0) is 19.6. The first kappa shape index (κ1) is 18.4. The number of hydrogen-bond acceptors (Lipinski definition) is 3. The molecule has 0 saturated carbocycles. The van der Waals surface area contributed by atoms with E-state index in [1.165, 1.54) is 22.9 Å². The van der Waals surface area contributed by atoms with Crippen LogP contribution in [0.3, 0.4) is 0 Å². The van der Waals surface area contributed by atoms with Crippen molar-refractivity contribution in [3.05, 3.63) is 87.3 Å². The van der Waals surface area contributed by atoms with Crippen LogP contribution in [-0.2, 0) is 12.7 Å².